The van der Waals surface area contributed by atoms with Crippen LogP contribution in [0.1, 0.15) is 226 Å². The van der Waals surface area contributed by atoms with E-state index in [1.165, 1.54) is 135 Å². The van der Waals surface area contributed by atoms with Crippen LogP contribution in [-0.2, 0) is 28.5 Å². The summed E-state index contributed by atoms with van der Waals surface area (Å²) >= 11 is 0. The third kappa shape index (κ3) is 27.2. The highest BCUT2D eigenvalue weighted by atomic mass is 16.7. The van der Waals surface area contributed by atoms with E-state index in [4.69, 9.17) is 18.9 Å². The van der Waals surface area contributed by atoms with Gasteiger partial charge in [0.2, 0.25) is 11.8 Å². The molecule has 11 N–H and O–H groups in total. The van der Waals surface area contributed by atoms with Gasteiger partial charge in [0.1, 0.15) is 61.0 Å². The second-order valence-corrected chi connectivity index (χ2v) is 20.7. The number of hydrogen-bond acceptors (Lipinski definition) is 15. The maximum Gasteiger partial charge on any atom is 0.249 e. The molecule has 2 fully saturated rings. The second kappa shape index (κ2) is 40.7. The molecule has 17 heteroatoms. The summed E-state index contributed by atoms with van der Waals surface area (Å²) in [5.74, 6) is -1.38. The van der Waals surface area contributed by atoms with Crippen LogP contribution in [0.25, 0.3) is 0 Å². The molecule has 0 saturated carbocycles. The average Bonchev–Trinajstić information content (AvgIpc) is 3.36. The molecule has 2 aliphatic heterocycles. The summed E-state index contributed by atoms with van der Waals surface area (Å²) in [6, 6.07) is -2.67. The van der Waals surface area contributed by atoms with Crippen molar-refractivity contribution in [1.29, 1.82) is 0 Å². The standard InChI is InChI=1S/C54H104N2O15/c1-4-6-8-10-12-14-16-18-19-20-21-23-25-27-29-31-33-35-42(61)52(67)56-40(46(62)41(60)34-32-30-28-26-24-22-17-15-13-11-9-7-5-2)38-68-54-50(66)49(65)51(44(37-58)70-54)71-53-45(55-39(3)59)48(64)47(63)43(36-57)69-53/h40-51,53-54,57-58,60-66H,4-38H2,1-3H3,(H,55,59)(H,56,67). The fourth-order valence-corrected chi connectivity index (χ4v) is 9.81. The van der Waals surface area contributed by atoms with E-state index in [1.807, 2.05) is 0 Å². The second-order valence-electron chi connectivity index (χ2n) is 20.7. The minimum Gasteiger partial charge on any atom is -0.394 e. The maximum atomic E-state index is 13.4. The van der Waals surface area contributed by atoms with Gasteiger partial charge in [-0.15, -0.1) is 0 Å². The molecule has 14 unspecified atom stereocenters. The number of amides is 2. The Morgan fingerprint density at radius 1 is 0.521 bits per heavy atom. The summed E-state index contributed by atoms with van der Waals surface area (Å²) in [5, 5.41) is 102. The lowest BCUT2D eigenvalue weighted by Gasteiger charge is -2.47. The molecule has 0 bridgehead atoms. The summed E-state index contributed by atoms with van der Waals surface area (Å²) in [6.07, 6.45) is 17.3. The Kier molecular flexibility index (Phi) is 37.6. The van der Waals surface area contributed by atoms with E-state index in [9.17, 15) is 55.5 Å². The fraction of sp³-hybridized carbons (Fsp3) is 0.963. The Hall–Kier alpha value is -1.58. The molecular weight excluding hydrogens is 917 g/mol. The maximum absolute atomic E-state index is 13.4. The molecule has 2 saturated heterocycles. The highest BCUT2D eigenvalue weighted by Gasteiger charge is 2.51. The zero-order valence-electron chi connectivity index (χ0n) is 44.3. The smallest absolute Gasteiger partial charge is 0.249 e. The van der Waals surface area contributed by atoms with E-state index in [1.54, 1.807) is 0 Å². The molecule has 2 amide bonds. The van der Waals surface area contributed by atoms with Crippen LogP contribution in [-0.4, -0.2) is 163 Å². The van der Waals surface area contributed by atoms with Crippen molar-refractivity contribution in [2.75, 3.05) is 19.8 Å². The zero-order chi connectivity index (χ0) is 52.2. The topological polar surface area (TPSA) is 277 Å². The first kappa shape index (κ1) is 65.5. The van der Waals surface area contributed by atoms with E-state index >= 15 is 0 Å². The number of carbonyl (C=O) groups is 2. The van der Waals surface area contributed by atoms with Gasteiger partial charge in [0.15, 0.2) is 12.6 Å². The van der Waals surface area contributed by atoms with Gasteiger partial charge in [-0.2, -0.15) is 0 Å². The SMILES string of the molecule is CCCCCCCCCCCCCCCCCCCC(O)C(=O)NC(COC1OC(CO)C(OC2OC(CO)C(O)C(O)C2NC(C)=O)C(O)C1O)C(O)C(O)CCCCCCCCCCCCCCC. The summed E-state index contributed by atoms with van der Waals surface area (Å²) in [4.78, 5) is 25.3. The van der Waals surface area contributed by atoms with Crippen molar-refractivity contribution in [3.63, 3.8) is 0 Å². The molecule has 2 rings (SSSR count). The molecule has 0 spiro atoms. The molecule has 2 aliphatic rings. The third-order valence-corrected chi connectivity index (χ3v) is 14.4. The summed E-state index contributed by atoms with van der Waals surface area (Å²) < 4.78 is 23.1. The van der Waals surface area contributed by atoms with Crippen molar-refractivity contribution in [3.8, 4) is 0 Å². The van der Waals surface area contributed by atoms with Gasteiger partial charge in [0.25, 0.3) is 0 Å². The lowest BCUT2D eigenvalue weighted by molar-refractivity contribution is -0.347. The Bertz CT molecular complexity index is 1300. The summed E-state index contributed by atoms with van der Waals surface area (Å²) in [5.41, 5.74) is 0. The highest BCUT2D eigenvalue weighted by molar-refractivity contribution is 5.80. The Balaban J connectivity index is 1.93. The first-order chi connectivity index (χ1) is 34.3. The van der Waals surface area contributed by atoms with Crippen LogP contribution in [0.5, 0.6) is 0 Å². The molecule has 2 heterocycles. The van der Waals surface area contributed by atoms with Crippen LogP contribution >= 0.6 is 0 Å². The van der Waals surface area contributed by atoms with Gasteiger partial charge in [-0.3, -0.25) is 9.59 Å². The molecule has 71 heavy (non-hydrogen) atoms. The van der Waals surface area contributed by atoms with E-state index in [-0.39, 0.29) is 12.8 Å². The van der Waals surface area contributed by atoms with Gasteiger partial charge in [-0.25, -0.2) is 0 Å². The van der Waals surface area contributed by atoms with Gasteiger partial charge in [0.05, 0.1) is 32.0 Å². The number of hydrogen-bond donors (Lipinski definition) is 11. The molecule has 0 aromatic carbocycles. The number of carbonyl (C=O) groups excluding carboxylic acids is 2. The molecule has 0 aliphatic carbocycles. The average molecular weight is 1020 g/mol. The van der Waals surface area contributed by atoms with Crippen LogP contribution in [0.15, 0.2) is 0 Å². The van der Waals surface area contributed by atoms with E-state index in [0.717, 1.165) is 51.9 Å². The monoisotopic (exact) mass is 1020 g/mol. The summed E-state index contributed by atoms with van der Waals surface area (Å²) in [6.45, 7) is 3.58. The number of unbranched alkanes of at least 4 members (excludes halogenated alkanes) is 28. The normalized spacial score (nSPS) is 26.5. The number of aliphatic hydroxyl groups is 9. The van der Waals surface area contributed by atoms with Crippen LogP contribution in [0.2, 0.25) is 0 Å². The van der Waals surface area contributed by atoms with Gasteiger partial charge in [0, 0.05) is 6.92 Å². The van der Waals surface area contributed by atoms with Gasteiger partial charge in [-0.05, 0) is 12.8 Å². The highest BCUT2D eigenvalue weighted by Crippen LogP contribution is 2.30. The first-order valence-corrected chi connectivity index (χ1v) is 28.4. The number of ether oxygens (including phenoxy) is 4. The van der Waals surface area contributed by atoms with Crippen molar-refractivity contribution in [3.05, 3.63) is 0 Å². The lowest BCUT2D eigenvalue weighted by atomic mass is 9.95. The van der Waals surface area contributed by atoms with Crippen molar-refractivity contribution >= 4 is 11.8 Å². The van der Waals surface area contributed by atoms with Crippen LogP contribution in [0.4, 0.5) is 0 Å². The predicted octanol–water partition coefficient (Wildman–Crippen LogP) is 5.86. The summed E-state index contributed by atoms with van der Waals surface area (Å²) in [7, 11) is 0. The number of rotatable bonds is 44. The van der Waals surface area contributed by atoms with Crippen LogP contribution in [0, 0.1) is 0 Å². The fourth-order valence-electron chi connectivity index (χ4n) is 9.81. The van der Waals surface area contributed by atoms with Gasteiger partial charge >= 0.3 is 0 Å². The van der Waals surface area contributed by atoms with Crippen molar-refractivity contribution in [2.45, 2.75) is 312 Å². The van der Waals surface area contributed by atoms with E-state index in [0.29, 0.717) is 12.8 Å². The van der Waals surface area contributed by atoms with Gasteiger partial charge in [-0.1, -0.05) is 206 Å². The zero-order valence-corrected chi connectivity index (χ0v) is 44.3. The number of nitrogens with one attached hydrogen (secondary N) is 2. The Labute approximate surface area is 427 Å². The number of aliphatic hydroxyl groups excluding tert-OH is 9. The molecule has 14 atom stereocenters. The van der Waals surface area contributed by atoms with E-state index in [2.05, 4.69) is 24.5 Å². The largest absolute Gasteiger partial charge is 0.394 e. The minimum absolute atomic E-state index is 0.203. The quantitative estimate of drug-likeness (QED) is 0.0319. The first-order valence-electron chi connectivity index (χ1n) is 28.4. The van der Waals surface area contributed by atoms with Crippen molar-refractivity contribution < 1.29 is 74.5 Å². The van der Waals surface area contributed by atoms with E-state index < -0.39 is 117 Å². The molecule has 420 valence electrons. The molecule has 0 aromatic rings. The van der Waals surface area contributed by atoms with Crippen LogP contribution < -0.4 is 10.6 Å². The Morgan fingerprint density at radius 3 is 1.35 bits per heavy atom. The molecule has 17 nitrogen and oxygen atoms in total. The Morgan fingerprint density at radius 2 is 0.930 bits per heavy atom. The van der Waals surface area contributed by atoms with Gasteiger partial charge < -0.3 is 75.5 Å². The molecule has 0 radical (unpaired) electrons. The third-order valence-electron chi connectivity index (χ3n) is 14.4. The van der Waals surface area contributed by atoms with Crippen molar-refractivity contribution in [1.82, 2.24) is 10.6 Å². The molecule has 0 aromatic heterocycles. The van der Waals surface area contributed by atoms with Crippen LogP contribution in [0.3, 0.4) is 0 Å². The lowest BCUT2D eigenvalue weighted by Crippen LogP contribution is -2.67. The predicted molar refractivity (Wildman–Crippen MR) is 273 cm³/mol. The van der Waals surface area contributed by atoms with Crippen molar-refractivity contribution in [2.24, 2.45) is 0 Å². The molecular formula is C54H104N2O15. The minimum atomic E-state index is -1.86.